The first kappa shape index (κ1) is 19.4. The highest BCUT2D eigenvalue weighted by Gasteiger charge is 2.17. The Morgan fingerprint density at radius 2 is 1.78 bits per heavy atom. The highest BCUT2D eigenvalue weighted by Crippen LogP contribution is 2.17. The van der Waals surface area contributed by atoms with E-state index in [1.54, 1.807) is 12.1 Å². The lowest BCUT2D eigenvalue weighted by molar-refractivity contribution is -0.121. The Labute approximate surface area is 159 Å². The van der Waals surface area contributed by atoms with Crippen molar-refractivity contribution < 1.29 is 9.18 Å². The average Bonchev–Trinajstić information content (AvgIpc) is 2.90. The minimum absolute atomic E-state index is 0.00825. The van der Waals surface area contributed by atoms with E-state index in [1.807, 2.05) is 6.92 Å². The average molecular weight is 373 g/mol. The van der Waals surface area contributed by atoms with Crippen molar-refractivity contribution in [3.05, 3.63) is 51.7 Å². The Morgan fingerprint density at radius 3 is 2.44 bits per heavy atom. The maximum absolute atomic E-state index is 13.1. The number of aryl methyl sites for hydroxylation is 1. The zero-order valence-corrected chi connectivity index (χ0v) is 15.9. The first-order chi connectivity index (χ1) is 13.0. The van der Waals surface area contributed by atoms with E-state index >= 15 is 0 Å². The van der Waals surface area contributed by atoms with Crippen molar-refractivity contribution in [1.82, 2.24) is 15.1 Å². The summed E-state index contributed by atoms with van der Waals surface area (Å²) in [6, 6.07) is 6.01. The van der Waals surface area contributed by atoms with Crippen LogP contribution in [0, 0.1) is 12.7 Å². The molecule has 6 heteroatoms. The Morgan fingerprint density at radius 1 is 1.15 bits per heavy atom. The lowest BCUT2D eigenvalue weighted by atomic mass is 9.96. The molecular formula is C21H28FN3O2. The van der Waals surface area contributed by atoms with E-state index in [4.69, 9.17) is 0 Å². The molecule has 1 amide bonds. The standard InChI is InChI=1S/C21H28FN3O2/c1-15-19(21(27)25(24-15)18-11-9-16(22)10-12-18)13-14-20(26)23-17-7-5-3-2-4-6-8-17/h9-12,17,24H,2-8,13-14H2,1H3,(H,23,26). The van der Waals surface area contributed by atoms with E-state index in [9.17, 15) is 14.0 Å². The molecule has 1 heterocycles. The van der Waals surface area contributed by atoms with Gasteiger partial charge in [-0.25, -0.2) is 9.07 Å². The molecule has 0 bridgehead atoms. The molecule has 0 saturated heterocycles. The second kappa shape index (κ2) is 9.02. The van der Waals surface area contributed by atoms with Gasteiger partial charge < -0.3 is 5.32 Å². The number of H-pyrrole nitrogens is 1. The minimum Gasteiger partial charge on any atom is -0.353 e. The van der Waals surface area contributed by atoms with E-state index in [-0.39, 0.29) is 23.3 Å². The normalized spacial score (nSPS) is 15.9. The first-order valence-electron chi connectivity index (χ1n) is 9.90. The summed E-state index contributed by atoms with van der Waals surface area (Å²) in [6.07, 6.45) is 8.93. The van der Waals surface area contributed by atoms with Crippen LogP contribution in [-0.4, -0.2) is 21.7 Å². The van der Waals surface area contributed by atoms with Crippen LogP contribution in [-0.2, 0) is 11.2 Å². The first-order valence-corrected chi connectivity index (χ1v) is 9.90. The third-order valence-electron chi connectivity index (χ3n) is 5.35. The number of amides is 1. The van der Waals surface area contributed by atoms with Crippen LogP contribution in [0.1, 0.15) is 62.6 Å². The van der Waals surface area contributed by atoms with Crippen LogP contribution in [0.25, 0.3) is 5.69 Å². The van der Waals surface area contributed by atoms with Crippen molar-refractivity contribution >= 4 is 5.91 Å². The molecule has 2 aromatic rings. The van der Waals surface area contributed by atoms with Crippen LogP contribution < -0.4 is 10.9 Å². The molecule has 0 radical (unpaired) electrons. The molecule has 27 heavy (non-hydrogen) atoms. The van der Waals surface area contributed by atoms with Crippen molar-refractivity contribution in [2.75, 3.05) is 0 Å². The Balaban J connectivity index is 1.61. The van der Waals surface area contributed by atoms with Crippen LogP contribution in [0.3, 0.4) is 0 Å². The molecule has 5 nitrogen and oxygen atoms in total. The number of benzene rings is 1. The van der Waals surface area contributed by atoms with Crippen molar-refractivity contribution in [2.45, 2.75) is 70.8 Å². The molecule has 0 atom stereocenters. The fraction of sp³-hybridized carbons (Fsp3) is 0.524. The minimum atomic E-state index is -0.346. The quantitative estimate of drug-likeness (QED) is 0.838. The summed E-state index contributed by atoms with van der Waals surface area (Å²) in [5.41, 5.74) is 1.74. The molecule has 1 aliphatic carbocycles. The van der Waals surface area contributed by atoms with Crippen LogP contribution in [0.15, 0.2) is 29.1 Å². The van der Waals surface area contributed by atoms with Gasteiger partial charge in [-0.05, 0) is 50.5 Å². The third-order valence-corrected chi connectivity index (χ3v) is 5.35. The molecule has 3 rings (SSSR count). The van der Waals surface area contributed by atoms with Gasteiger partial charge in [0.15, 0.2) is 0 Å². The van der Waals surface area contributed by atoms with Crippen LogP contribution in [0.2, 0.25) is 0 Å². The van der Waals surface area contributed by atoms with Gasteiger partial charge in [0.2, 0.25) is 5.91 Å². The van der Waals surface area contributed by atoms with Gasteiger partial charge in [0.1, 0.15) is 5.82 Å². The molecular weight excluding hydrogens is 345 g/mol. The summed E-state index contributed by atoms with van der Waals surface area (Å²) in [7, 11) is 0. The zero-order valence-electron chi connectivity index (χ0n) is 15.9. The molecule has 1 fully saturated rings. The number of aromatic amines is 1. The summed E-state index contributed by atoms with van der Waals surface area (Å²) >= 11 is 0. The molecule has 1 aromatic carbocycles. The van der Waals surface area contributed by atoms with E-state index in [0.29, 0.717) is 24.1 Å². The molecule has 0 spiro atoms. The molecule has 2 N–H and O–H groups in total. The Hall–Kier alpha value is -2.37. The number of halogens is 1. The van der Waals surface area contributed by atoms with E-state index < -0.39 is 0 Å². The zero-order chi connectivity index (χ0) is 19.2. The Kier molecular flexibility index (Phi) is 6.48. The number of nitrogens with zero attached hydrogens (tertiary/aromatic N) is 1. The van der Waals surface area contributed by atoms with Gasteiger partial charge in [-0.1, -0.05) is 32.1 Å². The van der Waals surface area contributed by atoms with Gasteiger partial charge in [-0.15, -0.1) is 0 Å². The fourth-order valence-electron chi connectivity index (χ4n) is 3.79. The van der Waals surface area contributed by atoms with E-state index in [1.165, 1.54) is 48.9 Å². The summed E-state index contributed by atoms with van der Waals surface area (Å²) in [5, 5.41) is 6.16. The van der Waals surface area contributed by atoms with Crippen LogP contribution in [0.4, 0.5) is 4.39 Å². The van der Waals surface area contributed by atoms with Crippen molar-refractivity contribution in [3.63, 3.8) is 0 Å². The molecule has 1 aliphatic rings. The summed E-state index contributed by atoms with van der Waals surface area (Å²) in [5.74, 6) is -0.338. The van der Waals surface area contributed by atoms with Crippen molar-refractivity contribution in [2.24, 2.45) is 0 Å². The molecule has 0 aliphatic heterocycles. The predicted octanol–water partition coefficient (Wildman–Crippen LogP) is 3.77. The number of aromatic nitrogens is 2. The second-order valence-electron chi connectivity index (χ2n) is 7.44. The lowest BCUT2D eigenvalue weighted by Gasteiger charge is -2.21. The largest absolute Gasteiger partial charge is 0.353 e. The number of carbonyl (C=O) groups excluding carboxylic acids is 1. The number of nitrogens with one attached hydrogen (secondary N) is 2. The lowest BCUT2D eigenvalue weighted by Crippen LogP contribution is -2.35. The van der Waals surface area contributed by atoms with Crippen molar-refractivity contribution in [3.8, 4) is 5.69 Å². The predicted molar refractivity (Wildman–Crippen MR) is 104 cm³/mol. The molecule has 1 saturated carbocycles. The third kappa shape index (κ3) is 5.08. The van der Waals surface area contributed by atoms with Gasteiger partial charge in [-0.3, -0.25) is 14.7 Å². The van der Waals surface area contributed by atoms with Gasteiger partial charge in [0.05, 0.1) is 5.69 Å². The van der Waals surface area contributed by atoms with Gasteiger partial charge in [0.25, 0.3) is 5.56 Å². The van der Waals surface area contributed by atoms with E-state index in [2.05, 4.69) is 10.4 Å². The summed E-state index contributed by atoms with van der Waals surface area (Å²) in [4.78, 5) is 25.0. The Bertz CT molecular complexity index is 815. The van der Waals surface area contributed by atoms with Crippen molar-refractivity contribution in [1.29, 1.82) is 0 Å². The van der Waals surface area contributed by atoms with Gasteiger partial charge in [-0.2, -0.15) is 0 Å². The SMILES string of the molecule is Cc1[nH]n(-c2ccc(F)cc2)c(=O)c1CCC(=O)NC1CCCCCCC1. The number of rotatable bonds is 5. The highest BCUT2D eigenvalue weighted by atomic mass is 19.1. The summed E-state index contributed by atoms with van der Waals surface area (Å²) < 4.78 is 14.5. The van der Waals surface area contributed by atoms with Crippen LogP contribution in [0.5, 0.6) is 0 Å². The topological polar surface area (TPSA) is 66.9 Å². The van der Waals surface area contributed by atoms with Crippen LogP contribution >= 0.6 is 0 Å². The smallest absolute Gasteiger partial charge is 0.274 e. The number of hydrogen-bond acceptors (Lipinski definition) is 2. The highest BCUT2D eigenvalue weighted by molar-refractivity contribution is 5.76. The van der Waals surface area contributed by atoms with Gasteiger partial charge >= 0.3 is 0 Å². The molecule has 146 valence electrons. The fourth-order valence-corrected chi connectivity index (χ4v) is 3.79. The number of hydrogen-bond donors (Lipinski definition) is 2. The monoisotopic (exact) mass is 373 g/mol. The molecule has 0 unspecified atom stereocenters. The maximum atomic E-state index is 13.1. The summed E-state index contributed by atoms with van der Waals surface area (Å²) in [6.45, 7) is 1.82. The maximum Gasteiger partial charge on any atom is 0.274 e. The van der Waals surface area contributed by atoms with E-state index in [0.717, 1.165) is 18.5 Å². The van der Waals surface area contributed by atoms with Gasteiger partial charge in [0, 0.05) is 23.7 Å². The second-order valence-corrected chi connectivity index (χ2v) is 7.44. The number of carbonyl (C=O) groups is 1. The molecule has 1 aromatic heterocycles.